The van der Waals surface area contributed by atoms with E-state index in [0.29, 0.717) is 12.2 Å². The lowest BCUT2D eigenvalue weighted by atomic mass is 9.68. The Kier molecular flexibility index (Phi) is 10.5. The third-order valence-electron chi connectivity index (χ3n) is 9.88. The van der Waals surface area contributed by atoms with E-state index in [2.05, 4.69) is 6.58 Å². The second kappa shape index (κ2) is 14.4. The standard InChI is InChI=1S/C38H45F3O/c1-3-5-7-26-8-10-27(11-9-26)28-12-16-30(17-13-28)33-21-20-32(25-35(33)39)29-14-18-31(19-15-29)34-22-23-36(38(41)37(34)40)42-24-6-4-2/h3,14-15,18-23,25-28,30H,1,4-13,16-17,24H2,2H3. The Bertz CT molecular complexity index is 1310. The van der Waals surface area contributed by atoms with Crippen LogP contribution in [0.1, 0.15) is 95.5 Å². The summed E-state index contributed by atoms with van der Waals surface area (Å²) in [5.41, 5.74) is 3.21. The van der Waals surface area contributed by atoms with E-state index in [-0.39, 0.29) is 23.0 Å². The Balaban J connectivity index is 1.18. The van der Waals surface area contributed by atoms with Crippen LogP contribution in [0.3, 0.4) is 0 Å². The summed E-state index contributed by atoms with van der Waals surface area (Å²) < 4.78 is 50.2. The van der Waals surface area contributed by atoms with Gasteiger partial charge < -0.3 is 4.74 Å². The fourth-order valence-corrected chi connectivity index (χ4v) is 7.28. The van der Waals surface area contributed by atoms with Crippen LogP contribution in [0.25, 0.3) is 22.3 Å². The van der Waals surface area contributed by atoms with Gasteiger partial charge in [-0.2, -0.15) is 4.39 Å². The molecule has 2 aliphatic carbocycles. The van der Waals surface area contributed by atoms with Crippen molar-refractivity contribution in [1.82, 2.24) is 0 Å². The largest absolute Gasteiger partial charge is 0.490 e. The Morgan fingerprint density at radius 3 is 2.05 bits per heavy atom. The van der Waals surface area contributed by atoms with Crippen molar-refractivity contribution in [2.45, 2.75) is 89.9 Å². The van der Waals surface area contributed by atoms with E-state index >= 15 is 4.39 Å². The van der Waals surface area contributed by atoms with Gasteiger partial charge in [0.15, 0.2) is 11.6 Å². The van der Waals surface area contributed by atoms with Gasteiger partial charge in [-0.3, -0.25) is 0 Å². The molecule has 2 saturated carbocycles. The minimum Gasteiger partial charge on any atom is -0.490 e. The van der Waals surface area contributed by atoms with Gasteiger partial charge in [0.1, 0.15) is 5.82 Å². The zero-order valence-electron chi connectivity index (χ0n) is 25.0. The molecule has 0 aromatic heterocycles. The summed E-state index contributed by atoms with van der Waals surface area (Å²) in [6.45, 7) is 6.24. The number of halogens is 3. The van der Waals surface area contributed by atoms with Crippen molar-refractivity contribution < 1.29 is 17.9 Å². The molecule has 3 aromatic carbocycles. The maximum Gasteiger partial charge on any atom is 0.201 e. The quantitative estimate of drug-likeness (QED) is 0.163. The van der Waals surface area contributed by atoms with Crippen molar-refractivity contribution in [3.05, 3.63) is 90.3 Å². The molecule has 4 heteroatoms. The number of hydrogen-bond donors (Lipinski definition) is 0. The SMILES string of the molecule is C=CCCC1CCC(C2CCC(c3ccc(-c4ccc(-c5ccc(OCCCC)c(F)c5F)cc4)cc3F)CC2)CC1. The molecule has 0 spiro atoms. The number of benzene rings is 3. The van der Waals surface area contributed by atoms with Crippen LogP contribution in [0.5, 0.6) is 5.75 Å². The van der Waals surface area contributed by atoms with Crippen LogP contribution in [0.15, 0.2) is 67.3 Å². The Hall–Kier alpha value is -3.01. The third kappa shape index (κ3) is 7.13. The van der Waals surface area contributed by atoms with Crippen LogP contribution < -0.4 is 4.74 Å². The third-order valence-corrected chi connectivity index (χ3v) is 9.88. The van der Waals surface area contributed by atoms with E-state index < -0.39 is 11.6 Å². The predicted molar refractivity (Wildman–Crippen MR) is 167 cm³/mol. The summed E-state index contributed by atoms with van der Waals surface area (Å²) in [6.07, 6.45) is 16.2. The van der Waals surface area contributed by atoms with Crippen molar-refractivity contribution in [3.8, 4) is 28.0 Å². The molecule has 0 saturated heterocycles. The first kappa shape index (κ1) is 30.4. The topological polar surface area (TPSA) is 9.23 Å². The normalized spacial score (nSPS) is 22.6. The maximum atomic E-state index is 15.4. The molecule has 0 heterocycles. The summed E-state index contributed by atoms with van der Waals surface area (Å²) in [6, 6.07) is 15.8. The van der Waals surface area contributed by atoms with E-state index in [0.717, 1.165) is 66.5 Å². The van der Waals surface area contributed by atoms with Crippen LogP contribution in [-0.4, -0.2) is 6.61 Å². The minimum atomic E-state index is -0.967. The number of ether oxygens (including phenoxy) is 1. The van der Waals surface area contributed by atoms with Gasteiger partial charge in [-0.05, 0) is 122 Å². The van der Waals surface area contributed by atoms with Crippen LogP contribution >= 0.6 is 0 Å². The lowest BCUT2D eigenvalue weighted by Gasteiger charge is -2.38. The van der Waals surface area contributed by atoms with Gasteiger partial charge >= 0.3 is 0 Å². The summed E-state index contributed by atoms with van der Waals surface area (Å²) in [5.74, 6) is 0.721. The molecular weight excluding hydrogens is 529 g/mol. The predicted octanol–water partition coefficient (Wildman–Crippen LogP) is 11.7. The lowest BCUT2D eigenvalue weighted by molar-refractivity contribution is 0.156. The van der Waals surface area contributed by atoms with E-state index in [1.165, 1.54) is 51.0 Å². The first-order valence-electron chi connectivity index (χ1n) is 16.1. The van der Waals surface area contributed by atoms with Gasteiger partial charge in [-0.1, -0.05) is 68.7 Å². The molecule has 0 unspecified atom stereocenters. The van der Waals surface area contributed by atoms with Gasteiger partial charge in [0, 0.05) is 5.56 Å². The summed E-state index contributed by atoms with van der Waals surface area (Å²) in [7, 11) is 0. The smallest absolute Gasteiger partial charge is 0.201 e. The van der Waals surface area contributed by atoms with Gasteiger partial charge in [0.25, 0.3) is 0 Å². The first-order valence-corrected chi connectivity index (χ1v) is 16.1. The highest BCUT2D eigenvalue weighted by atomic mass is 19.2. The molecule has 0 N–H and O–H groups in total. The van der Waals surface area contributed by atoms with Crippen molar-refractivity contribution in [2.24, 2.45) is 17.8 Å². The van der Waals surface area contributed by atoms with Gasteiger partial charge in [-0.25, -0.2) is 8.78 Å². The van der Waals surface area contributed by atoms with Crippen molar-refractivity contribution in [3.63, 3.8) is 0 Å². The highest BCUT2D eigenvalue weighted by Gasteiger charge is 2.32. The molecule has 0 bridgehead atoms. The zero-order chi connectivity index (χ0) is 29.5. The molecule has 0 aliphatic heterocycles. The number of hydrogen-bond acceptors (Lipinski definition) is 1. The number of rotatable bonds is 11. The highest BCUT2D eigenvalue weighted by molar-refractivity contribution is 5.71. The maximum absolute atomic E-state index is 15.4. The van der Waals surface area contributed by atoms with Crippen LogP contribution in [0.4, 0.5) is 13.2 Å². The molecule has 224 valence electrons. The summed E-state index contributed by atoms with van der Waals surface area (Å²) >= 11 is 0. The van der Waals surface area contributed by atoms with Gasteiger partial charge in [-0.15, -0.1) is 6.58 Å². The minimum absolute atomic E-state index is 0.0626. The average Bonchev–Trinajstić information content (AvgIpc) is 3.03. The van der Waals surface area contributed by atoms with Crippen molar-refractivity contribution >= 4 is 0 Å². The summed E-state index contributed by atoms with van der Waals surface area (Å²) in [5, 5.41) is 0. The fraction of sp³-hybridized carbons (Fsp3) is 0.474. The molecule has 0 radical (unpaired) electrons. The highest BCUT2D eigenvalue weighted by Crippen LogP contribution is 2.45. The van der Waals surface area contributed by atoms with Crippen molar-refractivity contribution in [2.75, 3.05) is 6.61 Å². The lowest BCUT2D eigenvalue weighted by Crippen LogP contribution is -2.25. The monoisotopic (exact) mass is 574 g/mol. The molecule has 2 fully saturated rings. The van der Waals surface area contributed by atoms with Crippen LogP contribution in [0, 0.1) is 35.2 Å². The summed E-state index contributed by atoms with van der Waals surface area (Å²) in [4.78, 5) is 0. The molecule has 1 nitrogen and oxygen atoms in total. The molecule has 2 aliphatic rings. The molecule has 5 rings (SSSR count). The van der Waals surface area contributed by atoms with Gasteiger partial charge in [0.2, 0.25) is 5.82 Å². The fourth-order valence-electron chi connectivity index (χ4n) is 7.28. The van der Waals surface area contributed by atoms with Crippen LogP contribution in [0.2, 0.25) is 0 Å². The van der Waals surface area contributed by atoms with Gasteiger partial charge in [0.05, 0.1) is 6.61 Å². The second-order valence-corrected chi connectivity index (χ2v) is 12.5. The van der Waals surface area contributed by atoms with E-state index in [9.17, 15) is 8.78 Å². The first-order chi connectivity index (χ1) is 20.5. The van der Waals surface area contributed by atoms with Crippen molar-refractivity contribution in [1.29, 1.82) is 0 Å². The second-order valence-electron chi connectivity index (χ2n) is 12.5. The molecule has 3 aromatic rings. The number of unbranched alkanes of at least 4 members (excludes halogenated alkanes) is 1. The molecule has 0 atom stereocenters. The number of allylic oxidation sites excluding steroid dienone is 1. The van der Waals surface area contributed by atoms with E-state index in [1.807, 2.05) is 37.3 Å². The Morgan fingerprint density at radius 2 is 1.40 bits per heavy atom. The van der Waals surface area contributed by atoms with E-state index in [1.54, 1.807) is 24.3 Å². The van der Waals surface area contributed by atoms with E-state index in [4.69, 9.17) is 4.74 Å². The Labute approximate surface area is 250 Å². The molecule has 42 heavy (non-hydrogen) atoms. The molecular formula is C38H45F3O. The van der Waals surface area contributed by atoms with Crippen LogP contribution in [-0.2, 0) is 0 Å². The average molecular weight is 575 g/mol. The Morgan fingerprint density at radius 1 is 0.762 bits per heavy atom. The molecule has 0 amide bonds. The zero-order valence-corrected chi connectivity index (χ0v) is 25.0.